The molecule has 0 spiro atoms. The molecule has 1 aliphatic heterocycles. The quantitative estimate of drug-likeness (QED) is 0.614. The Bertz CT molecular complexity index is 707. The average molecular weight is 370 g/mol. The van der Waals surface area contributed by atoms with Crippen molar-refractivity contribution in [3.63, 3.8) is 0 Å². The van der Waals surface area contributed by atoms with Crippen molar-refractivity contribution in [2.45, 2.75) is 63.4 Å². The molecule has 1 aromatic heterocycles. The number of H-pyrrole nitrogens is 1. The van der Waals surface area contributed by atoms with Gasteiger partial charge in [0.2, 0.25) is 0 Å². The molecular formula is C16H26N2O6Si. The molecule has 25 heavy (non-hydrogen) atoms. The van der Waals surface area contributed by atoms with E-state index in [0.717, 1.165) is 4.57 Å². The van der Waals surface area contributed by atoms with E-state index in [1.165, 1.54) is 19.4 Å². The summed E-state index contributed by atoms with van der Waals surface area (Å²) in [5.41, 5.74) is -1.16. The number of nitrogens with zero attached hydrogens (tertiary/aromatic N) is 1. The van der Waals surface area contributed by atoms with Crippen LogP contribution in [0.25, 0.3) is 0 Å². The Balaban J connectivity index is 2.44. The number of hydrogen-bond acceptors (Lipinski definition) is 6. The van der Waals surface area contributed by atoms with Gasteiger partial charge in [0.25, 0.3) is 5.56 Å². The number of nitrogens with one attached hydrogen (secondary N) is 1. The number of aromatic amines is 1. The zero-order valence-corrected chi connectivity index (χ0v) is 16.4. The second-order valence-corrected chi connectivity index (χ2v) is 12.4. The second-order valence-electron chi connectivity index (χ2n) is 7.66. The van der Waals surface area contributed by atoms with Gasteiger partial charge >= 0.3 is 5.69 Å². The summed E-state index contributed by atoms with van der Waals surface area (Å²) < 4.78 is 18.4. The molecule has 1 aromatic rings. The molecule has 1 fully saturated rings. The number of methoxy groups -OCH3 is 1. The van der Waals surface area contributed by atoms with E-state index in [0.29, 0.717) is 6.29 Å². The minimum Gasteiger partial charge on any atom is -0.408 e. The summed E-state index contributed by atoms with van der Waals surface area (Å²) >= 11 is 0. The van der Waals surface area contributed by atoms with E-state index < -0.39 is 44.1 Å². The van der Waals surface area contributed by atoms with Crippen molar-refractivity contribution in [2.75, 3.05) is 7.11 Å². The zero-order valence-electron chi connectivity index (χ0n) is 15.4. The summed E-state index contributed by atoms with van der Waals surface area (Å²) in [6, 6.07) is 1.22. The fraction of sp³-hybridized carbons (Fsp3) is 0.688. The zero-order chi connectivity index (χ0) is 19.0. The number of aromatic nitrogens is 2. The van der Waals surface area contributed by atoms with E-state index in [9.17, 15) is 14.4 Å². The van der Waals surface area contributed by atoms with Crippen LogP contribution in [0.2, 0.25) is 18.1 Å². The number of carbonyl (C=O) groups excluding carboxylic acids is 1. The molecule has 1 aliphatic rings. The summed E-state index contributed by atoms with van der Waals surface area (Å²) in [4.78, 5) is 38.2. The van der Waals surface area contributed by atoms with Crippen molar-refractivity contribution in [2.24, 2.45) is 0 Å². The predicted octanol–water partition coefficient (Wildman–Crippen LogP) is 1.04. The minimum atomic E-state index is -2.24. The van der Waals surface area contributed by atoms with E-state index in [2.05, 4.69) is 38.8 Å². The molecule has 0 unspecified atom stereocenters. The highest BCUT2D eigenvalue weighted by atomic mass is 28.4. The first-order valence-electron chi connectivity index (χ1n) is 8.15. The third-order valence-electron chi connectivity index (χ3n) is 5.01. The van der Waals surface area contributed by atoms with Crippen molar-refractivity contribution < 1.29 is 18.7 Å². The highest BCUT2D eigenvalue weighted by molar-refractivity contribution is 6.74. The number of hydrogen-bond donors (Lipinski definition) is 1. The van der Waals surface area contributed by atoms with Crippen LogP contribution in [0, 0.1) is 0 Å². The van der Waals surface area contributed by atoms with Crippen LogP contribution in [0.15, 0.2) is 21.9 Å². The lowest BCUT2D eigenvalue weighted by atomic mass is 10.1. The van der Waals surface area contributed by atoms with Crippen LogP contribution in [-0.4, -0.2) is 49.6 Å². The maximum Gasteiger partial charge on any atom is 0.330 e. The number of aldehydes is 1. The lowest BCUT2D eigenvalue weighted by molar-refractivity contribution is -0.122. The first-order valence-corrected chi connectivity index (χ1v) is 11.1. The van der Waals surface area contributed by atoms with Gasteiger partial charge < -0.3 is 23.7 Å². The first-order chi connectivity index (χ1) is 11.5. The molecule has 1 saturated heterocycles. The smallest absolute Gasteiger partial charge is 0.330 e. The van der Waals surface area contributed by atoms with Gasteiger partial charge in [-0.2, -0.15) is 0 Å². The number of carbonyl (C=O) groups is 1. The van der Waals surface area contributed by atoms with Gasteiger partial charge in [-0.3, -0.25) is 4.79 Å². The maximum absolute atomic E-state index is 12.1. The van der Waals surface area contributed by atoms with Crippen LogP contribution in [0.3, 0.4) is 0 Å². The van der Waals surface area contributed by atoms with Gasteiger partial charge in [0, 0.05) is 19.4 Å². The standard InChI is InChI=1S/C16H26N2O6Si/c1-16(2,3)25(5,6)24-12-10(9-19)23-14(13(12)22-4)18-11(20)7-8-17-15(18)21/h7-10,12-14H,1-6H3,(H,17,21)/t10-,12-,13-,14-/m1/s1. The van der Waals surface area contributed by atoms with E-state index in [1.54, 1.807) is 0 Å². The van der Waals surface area contributed by atoms with Crippen LogP contribution < -0.4 is 11.2 Å². The van der Waals surface area contributed by atoms with Crippen LogP contribution in [0.4, 0.5) is 0 Å². The maximum atomic E-state index is 12.1. The fourth-order valence-electron chi connectivity index (χ4n) is 2.56. The van der Waals surface area contributed by atoms with E-state index in [-0.39, 0.29) is 5.04 Å². The molecule has 1 N–H and O–H groups in total. The third-order valence-corrected chi connectivity index (χ3v) is 9.49. The molecule has 2 rings (SSSR count). The summed E-state index contributed by atoms with van der Waals surface area (Å²) in [6.45, 7) is 10.3. The molecule has 140 valence electrons. The monoisotopic (exact) mass is 370 g/mol. The lowest BCUT2D eigenvalue weighted by Crippen LogP contribution is -2.50. The molecular weight excluding hydrogens is 344 g/mol. The highest BCUT2D eigenvalue weighted by Crippen LogP contribution is 2.41. The van der Waals surface area contributed by atoms with Gasteiger partial charge in [0.15, 0.2) is 20.8 Å². The fourth-order valence-corrected chi connectivity index (χ4v) is 3.86. The highest BCUT2D eigenvalue weighted by Gasteiger charge is 2.51. The normalized spacial score (nSPS) is 27.4. The molecule has 2 heterocycles. The molecule has 4 atom stereocenters. The van der Waals surface area contributed by atoms with Gasteiger partial charge in [-0.15, -0.1) is 0 Å². The van der Waals surface area contributed by atoms with E-state index in [4.69, 9.17) is 13.9 Å². The SMILES string of the molecule is CO[C@@H]1[C@H](O[Si](C)(C)C(C)(C)C)[C@@H](C=O)O[C@H]1n1c(=O)cc[nH]c1=O. The van der Waals surface area contributed by atoms with Gasteiger partial charge in [-0.1, -0.05) is 20.8 Å². The second kappa shape index (κ2) is 6.98. The first kappa shape index (κ1) is 19.8. The lowest BCUT2D eigenvalue weighted by Gasteiger charge is -2.39. The van der Waals surface area contributed by atoms with Crippen LogP contribution in [0.5, 0.6) is 0 Å². The van der Waals surface area contributed by atoms with Crippen molar-refractivity contribution in [3.8, 4) is 0 Å². The van der Waals surface area contributed by atoms with Crippen LogP contribution in [0.1, 0.15) is 27.0 Å². The summed E-state index contributed by atoms with van der Waals surface area (Å²) in [6.07, 6.45) is -1.52. The molecule has 0 radical (unpaired) electrons. The summed E-state index contributed by atoms with van der Waals surface area (Å²) in [5.74, 6) is 0. The topological polar surface area (TPSA) is 99.6 Å². The Morgan fingerprint density at radius 1 is 1.28 bits per heavy atom. The Morgan fingerprint density at radius 3 is 2.40 bits per heavy atom. The molecule has 8 nitrogen and oxygen atoms in total. The van der Waals surface area contributed by atoms with Gasteiger partial charge in [0.05, 0.1) is 0 Å². The van der Waals surface area contributed by atoms with E-state index >= 15 is 0 Å². The number of ether oxygens (including phenoxy) is 2. The van der Waals surface area contributed by atoms with Crippen molar-refractivity contribution in [1.82, 2.24) is 9.55 Å². The summed E-state index contributed by atoms with van der Waals surface area (Å²) in [5, 5.41) is -0.0854. The molecule has 0 aromatic carbocycles. The predicted molar refractivity (Wildman–Crippen MR) is 94.2 cm³/mol. The molecule has 0 saturated carbocycles. The van der Waals surface area contributed by atoms with Gasteiger partial charge in [-0.05, 0) is 18.1 Å². The minimum absolute atomic E-state index is 0.0854. The summed E-state index contributed by atoms with van der Waals surface area (Å²) in [7, 11) is -0.793. The Morgan fingerprint density at radius 2 is 1.92 bits per heavy atom. The third kappa shape index (κ3) is 3.69. The van der Waals surface area contributed by atoms with Gasteiger partial charge in [-0.25, -0.2) is 9.36 Å². The van der Waals surface area contributed by atoms with Crippen molar-refractivity contribution >= 4 is 14.6 Å². The van der Waals surface area contributed by atoms with E-state index in [1.807, 2.05) is 0 Å². The molecule has 0 aliphatic carbocycles. The van der Waals surface area contributed by atoms with Crippen molar-refractivity contribution in [1.29, 1.82) is 0 Å². The van der Waals surface area contributed by atoms with Crippen LogP contribution >= 0.6 is 0 Å². The van der Waals surface area contributed by atoms with Gasteiger partial charge in [0.1, 0.15) is 18.3 Å². The average Bonchev–Trinajstić information content (AvgIpc) is 2.82. The Kier molecular flexibility index (Phi) is 5.52. The van der Waals surface area contributed by atoms with Crippen LogP contribution in [-0.2, 0) is 18.7 Å². The largest absolute Gasteiger partial charge is 0.408 e. The molecule has 0 amide bonds. The molecule has 0 bridgehead atoms. The Hall–Kier alpha value is -1.55. The van der Waals surface area contributed by atoms with Crippen molar-refractivity contribution in [3.05, 3.63) is 33.1 Å². The Labute approximate surface area is 147 Å². The number of rotatable bonds is 5. The molecule has 9 heteroatoms.